The molecule has 3 rings (SSSR count). The van der Waals surface area contributed by atoms with Crippen LogP contribution in [0.1, 0.15) is 36.8 Å². The van der Waals surface area contributed by atoms with E-state index in [0.717, 1.165) is 18.0 Å². The highest BCUT2D eigenvalue weighted by Gasteiger charge is 2.48. The lowest BCUT2D eigenvalue weighted by atomic mass is 9.81. The van der Waals surface area contributed by atoms with E-state index < -0.39 is 0 Å². The first-order chi connectivity index (χ1) is 7.72. The van der Waals surface area contributed by atoms with Crippen LogP contribution in [0.15, 0.2) is 18.2 Å². The zero-order valence-corrected chi connectivity index (χ0v) is 9.72. The Balaban J connectivity index is 2.05. The van der Waals surface area contributed by atoms with Crippen molar-refractivity contribution >= 4 is 0 Å². The molecule has 1 nitrogen and oxygen atoms in total. The maximum absolute atomic E-state index is 13.2. The summed E-state index contributed by atoms with van der Waals surface area (Å²) in [6.45, 7) is 3.13. The largest absolute Gasteiger partial charge is 0.307 e. The molecular formula is C14H18FN. The van der Waals surface area contributed by atoms with Gasteiger partial charge in [-0.05, 0) is 68.3 Å². The molecule has 16 heavy (non-hydrogen) atoms. The van der Waals surface area contributed by atoms with Crippen molar-refractivity contribution in [1.82, 2.24) is 5.32 Å². The molecule has 1 saturated carbocycles. The summed E-state index contributed by atoms with van der Waals surface area (Å²) in [7, 11) is 0. The van der Waals surface area contributed by atoms with Crippen LogP contribution in [0.2, 0.25) is 0 Å². The highest BCUT2D eigenvalue weighted by Crippen LogP contribution is 2.50. The van der Waals surface area contributed by atoms with Crippen molar-refractivity contribution in [3.63, 3.8) is 0 Å². The first-order valence-electron chi connectivity index (χ1n) is 6.24. The molecule has 0 spiro atoms. The number of hydrogen-bond acceptors (Lipinski definition) is 1. The molecule has 1 aliphatic carbocycles. The van der Waals surface area contributed by atoms with Crippen LogP contribution in [0.3, 0.4) is 0 Å². The van der Waals surface area contributed by atoms with Crippen LogP contribution in [0.25, 0.3) is 0 Å². The van der Waals surface area contributed by atoms with Crippen molar-refractivity contribution in [3.8, 4) is 0 Å². The molecule has 2 heteroatoms. The molecule has 1 saturated heterocycles. The number of nitrogens with one attached hydrogen (secondary N) is 1. The molecular weight excluding hydrogens is 201 g/mol. The van der Waals surface area contributed by atoms with Gasteiger partial charge in [-0.3, -0.25) is 0 Å². The fourth-order valence-corrected chi connectivity index (χ4v) is 3.27. The summed E-state index contributed by atoms with van der Waals surface area (Å²) in [5.41, 5.74) is 2.59. The van der Waals surface area contributed by atoms with Crippen molar-refractivity contribution < 1.29 is 4.39 Å². The summed E-state index contributed by atoms with van der Waals surface area (Å²) < 4.78 is 13.2. The van der Waals surface area contributed by atoms with E-state index in [2.05, 4.69) is 5.32 Å². The molecule has 0 amide bonds. The van der Waals surface area contributed by atoms with E-state index in [-0.39, 0.29) is 11.4 Å². The minimum Gasteiger partial charge on any atom is -0.307 e. The highest BCUT2D eigenvalue weighted by molar-refractivity contribution is 5.36. The summed E-state index contributed by atoms with van der Waals surface area (Å²) >= 11 is 0. The molecule has 0 aromatic heterocycles. The highest BCUT2D eigenvalue weighted by atomic mass is 19.1. The number of halogens is 1. The first kappa shape index (κ1) is 10.3. The molecule has 1 unspecified atom stereocenters. The van der Waals surface area contributed by atoms with Gasteiger partial charge in [-0.15, -0.1) is 0 Å². The molecule has 0 bridgehead atoms. The molecule has 1 atom stereocenters. The standard InChI is InChI=1S/C14H18FN/c1-10-9-12(15)5-6-13(10)14(11-3-4-11)7-2-8-16-14/h5-6,9,11,16H,2-4,7-8H2,1H3. The van der Waals surface area contributed by atoms with Gasteiger partial charge in [0.15, 0.2) is 0 Å². The average molecular weight is 219 g/mol. The van der Waals surface area contributed by atoms with Crippen LogP contribution in [-0.4, -0.2) is 6.54 Å². The first-order valence-corrected chi connectivity index (χ1v) is 6.24. The second-order valence-corrected chi connectivity index (χ2v) is 5.24. The number of hydrogen-bond donors (Lipinski definition) is 1. The Labute approximate surface area is 96.1 Å². The minimum atomic E-state index is -0.120. The van der Waals surface area contributed by atoms with Crippen molar-refractivity contribution in [3.05, 3.63) is 35.1 Å². The number of rotatable bonds is 2. The normalized spacial score (nSPS) is 29.6. The van der Waals surface area contributed by atoms with E-state index in [9.17, 15) is 4.39 Å². The predicted molar refractivity (Wildman–Crippen MR) is 62.8 cm³/mol. The SMILES string of the molecule is Cc1cc(F)ccc1C1(C2CC2)CCCN1. The Morgan fingerprint density at radius 2 is 2.19 bits per heavy atom. The topological polar surface area (TPSA) is 12.0 Å². The van der Waals surface area contributed by atoms with Gasteiger partial charge in [0.1, 0.15) is 5.82 Å². The smallest absolute Gasteiger partial charge is 0.123 e. The molecule has 2 aliphatic rings. The van der Waals surface area contributed by atoms with Gasteiger partial charge >= 0.3 is 0 Å². The molecule has 1 aromatic carbocycles. The lowest BCUT2D eigenvalue weighted by Gasteiger charge is -2.32. The Morgan fingerprint density at radius 3 is 2.75 bits per heavy atom. The summed E-state index contributed by atoms with van der Waals surface area (Å²) in [6.07, 6.45) is 5.10. The van der Waals surface area contributed by atoms with E-state index >= 15 is 0 Å². The van der Waals surface area contributed by atoms with Gasteiger partial charge in [-0.2, -0.15) is 0 Å². The molecule has 2 fully saturated rings. The third-order valence-electron chi connectivity index (χ3n) is 4.13. The van der Waals surface area contributed by atoms with E-state index in [1.165, 1.54) is 31.2 Å². The molecule has 1 aromatic rings. The van der Waals surface area contributed by atoms with Gasteiger partial charge in [0.25, 0.3) is 0 Å². The second kappa shape index (κ2) is 3.56. The fourth-order valence-electron chi connectivity index (χ4n) is 3.27. The van der Waals surface area contributed by atoms with Gasteiger partial charge < -0.3 is 5.32 Å². The van der Waals surface area contributed by atoms with Crippen molar-refractivity contribution in [2.75, 3.05) is 6.54 Å². The van der Waals surface area contributed by atoms with Gasteiger partial charge in [-0.25, -0.2) is 4.39 Å². The Morgan fingerprint density at radius 1 is 1.38 bits per heavy atom. The van der Waals surface area contributed by atoms with Gasteiger partial charge in [-0.1, -0.05) is 6.07 Å². The predicted octanol–water partition coefficient (Wildman–Crippen LogP) is 3.12. The second-order valence-electron chi connectivity index (χ2n) is 5.24. The maximum atomic E-state index is 13.2. The van der Waals surface area contributed by atoms with Crippen molar-refractivity contribution in [2.45, 2.75) is 38.1 Å². The van der Waals surface area contributed by atoms with E-state index in [0.29, 0.717) is 0 Å². The Kier molecular flexibility index (Phi) is 2.28. The van der Waals surface area contributed by atoms with Crippen LogP contribution in [0.4, 0.5) is 4.39 Å². The van der Waals surface area contributed by atoms with Crippen molar-refractivity contribution in [1.29, 1.82) is 0 Å². The number of benzene rings is 1. The zero-order valence-electron chi connectivity index (χ0n) is 9.72. The quantitative estimate of drug-likeness (QED) is 0.805. The van der Waals surface area contributed by atoms with E-state index in [1.54, 1.807) is 12.1 Å². The van der Waals surface area contributed by atoms with Crippen LogP contribution in [-0.2, 0) is 5.54 Å². The molecule has 86 valence electrons. The lowest BCUT2D eigenvalue weighted by Crippen LogP contribution is -2.39. The van der Waals surface area contributed by atoms with Gasteiger partial charge in [0.2, 0.25) is 0 Å². The van der Waals surface area contributed by atoms with Crippen LogP contribution >= 0.6 is 0 Å². The van der Waals surface area contributed by atoms with E-state index in [1.807, 2.05) is 13.0 Å². The third kappa shape index (κ3) is 1.47. The van der Waals surface area contributed by atoms with E-state index in [4.69, 9.17) is 0 Å². The van der Waals surface area contributed by atoms with Crippen LogP contribution < -0.4 is 5.32 Å². The minimum absolute atomic E-state index is 0.120. The molecule has 1 heterocycles. The van der Waals surface area contributed by atoms with Crippen molar-refractivity contribution in [2.24, 2.45) is 5.92 Å². The lowest BCUT2D eigenvalue weighted by molar-refractivity contribution is 0.334. The maximum Gasteiger partial charge on any atom is 0.123 e. The molecule has 0 radical (unpaired) electrons. The summed E-state index contributed by atoms with van der Waals surface area (Å²) in [6, 6.07) is 5.26. The monoisotopic (exact) mass is 219 g/mol. The Bertz CT molecular complexity index is 403. The number of aryl methyl sites for hydroxylation is 1. The van der Waals surface area contributed by atoms with Gasteiger partial charge in [0.05, 0.1) is 0 Å². The van der Waals surface area contributed by atoms with Crippen LogP contribution in [0.5, 0.6) is 0 Å². The van der Waals surface area contributed by atoms with Gasteiger partial charge in [0, 0.05) is 5.54 Å². The third-order valence-corrected chi connectivity index (χ3v) is 4.13. The summed E-state index contributed by atoms with van der Waals surface area (Å²) in [4.78, 5) is 0. The molecule has 1 aliphatic heterocycles. The Hall–Kier alpha value is -0.890. The van der Waals surface area contributed by atoms with Crippen LogP contribution in [0, 0.1) is 18.7 Å². The zero-order chi connectivity index (χ0) is 11.2. The molecule has 1 N–H and O–H groups in total. The fraction of sp³-hybridized carbons (Fsp3) is 0.571. The summed E-state index contributed by atoms with van der Waals surface area (Å²) in [5, 5.41) is 3.69. The summed E-state index contributed by atoms with van der Waals surface area (Å²) in [5.74, 6) is 0.657. The average Bonchev–Trinajstić information content (AvgIpc) is 2.99.